The number of hydrogen-bond acceptors (Lipinski definition) is 6. The minimum Gasteiger partial charge on any atom is -0.475 e. The molecule has 150 valence electrons. The van der Waals surface area contributed by atoms with Gasteiger partial charge in [0.1, 0.15) is 18.8 Å². The van der Waals surface area contributed by atoms with E-state index in [1.165, 1.54) is 0 Å². The van der Waals surface area contributed by atoms with Gasteiger partial charge >= 0.3 is 0 Å². The summed E-state index contributed by atoms with van der Waals surface area (Å²) in [7, 11) is 3.38. The maximum absolute atomic E-state index is 5.65. The lowest BCUT2D eigenvalue weighted by molar-refractivity contribution is 0.143. The number of nitrogens with one attached hydrogen (secondary N) is 2. The molecule has 27 heavy (non-hydrogen) atoms. The zero-order valence-corrected chi connectivity index (χ0v) is 18.3. The van der Waals surface area contributed by atoms with E-state index >= 15 is 0 Å². The molecule has 0 radical (unpaired) electrons. The molecule has 0 bridgehead atoms. The van der Waals surface area contributed by atoms with E-state index in [-0.39, 0.29) is 24.0 Å². The maximum atomic E-state index is 5.65. The third-order valence-electron chi connectivity index (χ3n) is 3.70. The molecule has 0 saturated heterocycles. The van der Waals surface area contributed by atoms with Crippen molar-refractivity contribution >= 4 is 29.9 Å². The van der Waals surface area contributed by atoms with E-state index in [2.05, 4.69) is 37.7 Å². The standard InChI is InChI=1S/C17H27N7O2.HI/c1-4-15-23-22-13-24(15)9-8-20-17(18-2)21-12-14-6-5-7-19-16(14)26-11-10-25-3;/h5-7,13H,4,8-12H2,1-3H3,(H2,18,20,21);1H. The third kappa shape index (κ3) is 7.67. The van der Waals surface area contributed by atoms with Crippen LogP contribution in [0.2, 0.25) is 0 Å². The highest BCUT2D eigenvalue weighted by Crippen LogP contribution is 2.13. The van der Waals surface area contributed by atoms with Gasteiger partial charge in [-0.1, -0.05) is 13.0 Å². The van der Waals surface area contributed by atoms with E-state index in [1.807, 2.05) is 16.7 Å². The average Bonchev–Trinajstić information content (AvgIpc) is 3.13. The molecule has 0 aliphatic carbocycles. The molecule has 0 fully saturated rings. The Morgan fingerprint density at radius 1 is 1.30 bits per heavy atom. The Bertz CT molecular complexity index is 693. The van der Waals surface area contributed by atoms with Crippen LogP contribution >= 0.6 is 24.0 Å². The summed E-state index contributed by atoms with van der Waals surface area (Å²) >= 11 is 0. The molecule has 2 N–H and O–H groups in total. The second-order valence-corrected chi connectivity index (χ2v) is 5.46. The van der Waals surface area contributed by atoms with Gasteiger partial charge < -0.3 is 24.7 Å². The van der Waals surface area contributed by atoms with E-state index in [9.17, 15) is 0 Å². The number of aryl methyl sites for hydroxylation is 1. The lowest BCUT2D eigenvalue weighted by Crippen LogP contribution is -2.38. The van der Waals surface area contributed by atoms with Crippen molar-refractivity contribution < 1.29 is 9.47 Å². The summed E-state index contributed by atoms with van der Waals surface area (Å²) in [5.41, 5.74) is 0.957. The third-order valence-corrected chi connectivity index (χ3v) is 3.70. The maximum Gasteiger partial charge on any atom is 0.218 e. The lowest BCUT2D eigenvalue weighted by Gasteiger charge is -2.14. The first kappa shape index (κ1) is 23.1. The Morgan fingerprint density at radius 2 is 2.15 bits per heavy atom. The summed E-state index contributed by atoms with van der Waals surface area (Å²) in [6, 6.07) is 3.86. The van der Waals surface area contributed by atoms with Crippen molar-refractivity contribution in [3.63, 3.8) is 0 Å². The van der Waals surface area contributed by atoms with E-state index in [0.29, 0.717) is 31.6 Å². The topological polar surface area (TPSA) is 98.5 Å². The fourth-order valence-electron chi connectivity index (χ4n) is 2.34. The first-order valence-electron chi connectivity index (χ1n) is 8.65. The number of halogens is 1. The van der Waals surface area contributed by atoms with Crippen molar-refractivity contribution in [2.24, 2.45) is 4.99 Å². The van der Waals surface area contributed by atoms with Crippen LogP contribution in [-0.2, 0) is 24.2 Å². The number of nitrogens with zero attached hydrogens (tertiary/aromatic N) is 5. The van der Waals surface area contributed by atoms with Crippen LogP contribution in [0.3, 0.4) is 0 Å². The van der Waals surface area contributed by atoms with Gasteiger partial charge in [-0.05, 0) is 6.07 Å². The molecular formula is C17H28IN7O2. The van der Waals surface area contributed by atoms with Crippen LogP contribution < -0.4 is 15.4 Å². The van der Waals surface area contributed by atoms with Gasteiger partial charge in [0.2, 0.25) is 5.88 Å². The minimum atomic E-state index is 0. The largest absolute Gasteiger partial charge is 0.475 e. The molecule has 0 aliphatic heterocycles. The molecule has 0 saturated carbocycles. The number of rotatable bonds is 10. The Kier molecular flexibility index (Phi) is 11.3. The molecule has 0 amide bonds. The Morgan fingerprint density at radius 3 is 2.89 bits per heavy atom. The highest BCUT2D eigenvalue weighted by atomic mass is 127. The number of aliphatic imine (C=N–C) groups is 1. The second-order valence-electron chi connectivity index (χ2n) is 5.46. The highest BCUT2D eigenvalue weighted by molar-refractivity contribution is 14.0. The Labute approximate surface area is 177 Å². The molecule has 2 rings (SSSR count). The summed E-state index contributed by atoms with van der Waals surface area (Å²) in [6.07, 6.45) is 4.32. The molecule has 2 heterocycles. The van der Waals surface area contributed by atoms with Crippen LogP contribution in [0.25, 0.3) is 0 Å². The molecule has 0 unspecified atom stereocenters. The van der Waals surface area contributed by atoms with Crippen molar-refractivity contribution in [1.29, 1.82) is 0 Å². The Hall–Kier alpha value is -1.95. The summed E-state index contributed by atoms with van der Waals surface area (Å²) < 4.78 is 12.7. The molecule has 10 heteroatoms. The van der Waals surface area contributed by atoms with Crippen molar-refractivity contribution in [2.45, 2.75) is 26.4 Å². The Balaban J connectivity index is 0.00000364. The summed E-state index contributed by atoms with van der Waals surface area (Å²) in [4.78, 5) is 8.52. The highest BCUT2D eigenvalue weighted by Gasteiger charge is 2.06. The average molecular weight is 489 g/mol. The van der Waals surface area contributed by atoms with E-state index in [1.54, 1.807) is 26.7 Å². The van der Waals surface area contributed by atoms with Crippen LogP contribution in [0.15, 0.2) is 29.6 Å². The van der Waals surface area contributed by atoms with Gasteiger partial charge in [0, 0.05) is 52.0 Å². The van der Waals surface area contributed by atoms with E-state index in [0.717, 1.165) is 30.9 Å². The number of methoxy groups -OCH3 is 1. The normalized spacial score (nSPS) is 11.0. The molecule has 0 aromatic carbocycles. The smallest absolute Gasteiger partial charge is 0.218 e. The van der Waals surface area contributed by atoms with Gasteiger partial charge in [0.15, 0.2) is 5.96 Å². The van der Waals surface area contributed by atoms with Gasteiger partial charge in [-0.15, -0.1) is 34.2 Å². The predicted molar refractivity (Wildman–Crippen MR) is 115 cm³/mol. The summed E-state index contributed by atoms with van der Waals surface area (Å²) in [5.74, 6) is 2.29. The zero-order chi connectivity index (χ0) is 18.6. The van der Waals surface area contributed by atoms with Crippen LogP contribution in [0.1, 0.15) is 18.3 Å². The number of pyridine rings is 1. The molecule has 0 atom stereocenters. The van der Waals surface area contributed by atoms with Crippen molar-refractivity contribution in [3.05, 3.63) is 36.0 Å². The fourth-order valence-corrected chi connectivity index (χ4v) is 2.34. The van der Waals surface area contributed by atoms with Gasteiger partial charge in [-0.25, -0.2) is 4.98 Å². The van der Waals surface area contributed by atoms with Gasteiger partial charge in [0.05, 0.1) is 6.61 Å². The molecule has 2 aromatic heterocycles. The van der Waals surface area contributed by atoms with Crippen LogP contribution in [0.4, 0.5) is 0 Å². The van der Waals surface area contributed by atoms with Crippen LogP contribution in [0, 0.1) is 0 Å². The van der Waals surface area contributed by atoms with Gasteiger partial charge in [0.25, 0.3) is 0 Å². The summed E-state index contributed by atoms with van der Waals surface area (Å²) in [5, 5.41) is 14.6. The SMILES string of the molecule is CCc1nncn1CCNC(=NC)NCc1cccnc1OCCOC.I. The monoisotopic (exact) mass is 489 g/mol. The fraction of sp³-hybridized carbons (Fsp3) is 0.529. The zero-order valence-electron chi connectivity index (χ0n) is 16.0. The molecule has 9 nitrogen and oxygen atoms in total. The van der Waals surface area contributed by atoms with Crippen molar-refractivity contribution in [3.8, 4) is 5.88 Å². The summed E-state index contributed by atoms with van der Waals surface area (Å²) in [6.45, 7) is 5.10. The number of guanidine groups is 1. The van der Waals surface area contributed by atoms with E-state index in [4.69, 9.17) is 9.47 Å². The van der Waals surface area contributed by atoms with Crippen molar-refractivity contribution in [1.82, 2.24) is 30.4 Å². The van der Waals surface area contributed by atoms with Crippen LogP contribution in [-0.4, -0.2) is 59.6 Å². The molecular weight excluding hydrogens is 461 g/mol. The molecule has 0 spiro atoms. The van der Waals surface area contributed by atoms with E-state index < -0.39 is 0 Å². The molecule has 0 aliphatic rings. The van der Waals surface area contributed by atoms with Gasteiger partial charge in [-0.2, -0.15) is 0 Å². The number of ether oxygens (including phenoxy) is 2. The lowest BCUT2D eigenvalue weighted by atomic mass is 10.2. The predicted octanol–water partition coefficient (Wildman–Crippen LogP) is 1.24. The quantitative estimate of drug-likeness (QED) is 0.224. The number of hydrogen-bond donors (Lipinski definition) is 2. The van der Waals surface area contributed by atoms with Crippen molar-refractivity contribution in [2.75, 3.05) is 33.9 Å². The first-order valence-corrected chi connectivity index (χ1v) is 8.65. The number of aromatic nitrogens is 4. The first-order chi connectivity index (χ1) is 12.8. The minimum absolute atomic E-state index is 0. The second kappa shape index (κ2) is 13.3. The van der Waals surface area contributed by atoms with Crippen LogP contribution in [0.5, 0.6) is 5.88 Å². The van der Waals surface area contributed by atoms with Gasteiger partial charge in [-0.3, -0.25) is 4.99 Å². The molecule has 2 aromatic rings.